The number of carboxylic acid groups (broad SMARTS) is 1. The minimum absolute atomic E-state index is 0.111. The van der Waals surface area contributed by atoms with Crippen molar-refractivity contribution in [2.45, 2.75) is 32.7 Å². The second-order valence-corrected chi connectivity index (χ2v) is 5.79. The fourth-order valence-electron chi connectivity index (χ4n) is 1.86. The summed E-state index contributed by atoms with van der Waals surface area (Å²) in [6.07, 6.45) is 1.39. The highest BCUT2D eigenvalue weighted by molar-refractivity contribution is 7.09. The number of aliphatic carboxylic acids is 1. The molecular formula is C14H16N2O4S. The van der Waals surface area contributed by atoms with E-state index in [1.165, 1.54) is 17.6 Å². The van der Waals surface area contributed by atoms with Crippen molar-refractivity contribution in [2.24, 2.45) is 0 Å². The van der Waals surface area contributed by atoms with Gasteiger partial charge >= 0.3 is 5.97 Å². The number of carbonyl (C=O) groups excluding carboxylic acids is 1. The SMILES string of the molecule is CC(C)c1ccoc1C(=O)NCc1nc(CC(=O)O)cs1. The molecule has 0 spiro atoms. The van der Waals surface area contributed by atoms with E-state index in [0.29, 0.717) is 16.5 Å². The largest absolute Gasteiger partial charge is 0.481 e. The molecule has 2 aromatic rings. The van der Waals surface area contributed by atoms with Crippen molar-refractivity contribution in [3.05, 3.63) is 39.7 Å². The highest BCUT2D eigenvalue weighted by Gasteiger charge is 2.17. The Morgan fingerprint density at radius 1 is 1.48 bits per heavy atom. The topological polar surface area (TPSA) is 92.4 Å². The highest BCUT2D eigenvalue weighted by atomic mass is 32.1. The monoisotopic (exact) mass is 308 g/mol. The number of amides is 1. The van der Waals surface area contributed by atoms with Crippen molar-refractivity contribution < 1.29 is 19.1 Å². The number of nitrogens with one attached hydrogen (secondary N) is 1. The van der Waals surface area contributed by atoms with Gasteiger partial charge in [-0.05, 0) is 12.0 Å². The van der Waals surface area contributed by atoms with Gasteiger partial charge in [0.1, 0.15) is 5.01 Å². The summed E-state index contributed by atoms with van der Waals surface area (Å²) in [5.74, 6) is -0.703. The molecule has 0 aliphatic carbocycles. The van der Waals surface area contributed by atoms with Crippen molar-refractivity contribution in [3.8, 4) is 0 Å². The zero-order valence-electron chi connectivity index (χ0n) is 11.8. The van der Waals surface area contributed by atoms with Crippen LogP contribution in [0.3, 0.4) is 0 Å². The number of carboxylic acids is 1. The van der Waals surface area contributed by atoms with Gasteiger partial charge in [0, 0.05) is 10.9 Å². The van der Waals surface area contributed by atoms with E-state index in [-0.39, 0.29) is 24.8 Å². The van der Waals surface area contributed by atoms with Crippen LogP contribution in [0.1, 0.15) is 46.6 Å². The summed E-state index contributed by atoms with van der Waals surface area (Å²) in [7, 11) is 0. The molecule has 0 radical (unpaired) electrons. The van der Waals surface area contributed by atoms with E-state index in [0.717, 1.165) is 5.56 Å². The van der Waals surface area contributed by atoms with E-state index >= 15 is 0 Å². The second-order valence-electron chi connectivity index (χ2n) is 4.85. The minimum Gasteiger partial charge on any atom is -0.481 e. The van der Waals surface area contributed by atoms with Crippen molar-refractivity contribution in [2.75, 3.05) is 0 Å². The maximum atomic E-state index is 12.1. The summed E-state index contributed by atoms with van der Waals surface area (Å²) in [6.45, 7) is 4.22. The van der Waals surface area contributed by atoms with Gasteiger partial charge < -0.3 is 14.8 Å². The van der Waals surface area contributed by atoms with Crippen LogP contribution in [-0.4, -0.2) is 22.0 Å². The average Bonchev–Trinajstić information content (AvgIpc) is 3.03. The van der Waals surface area contributed by atoms with E-state index in [1.807, 2.05) is 13.8 Å². The Balaban J connectivity index is 1.96. The first-order valence-corrected chi connectivity index (χ1v) is 7.36. The first kappa shape index (κ1) is 15.2. The van der Waals surface area contributed by atoms with Gasteiger partial charge in [0.05, 0.1) is 24.9 Å². The molecule has 0 aliphatic heterocycles. The lowest BCUT2D eigenvalue weighted by Gasteiger charge is -2.05. The maximum absolute atomic E-state index is 12.1. The zero-order chi connectivity index (χ0) is 15.4. The molecule has 0 fully saturated rings. The molecule has 2 heterocycles. The van der Waals surface area contributed by atoms with Crippen molar-refractivity contribution in [3.63, 3.8) is 0 Å². The predicted molar refractivity (Wildman–Crippen MR) is 77.4 cm³/mol. The van der Waals surface area contributed by atoms with Crippen LogP contribution >= 0.6 is 11.3 Å². The summed E-state index contributed by atoms with van der Waals surface area (Å²) in [5.41, 5.74) is 1.36. The zero-order valence-corrected chi connectivity index (χ0v) is 12.6. The number of hydrogen-bond donors (Lipinski definition) is 2. The lowest BCUT2D eigenvalue weighted by atomic mass is 10.0. The van der Waals surface area contributed by atoms with Gasteiger partial charge in [-0.3, -0.25) is 9.59 Å². The maximum Gasteiger partial charge on any atom is 0.309 e. The number of hydrogen-bond acceptors (Lipinski definition) is 5. The molecule has 0 saturated heterocycles. The van der Waals surface area contributed by atoms with E-state index < -0.39 is 5.97 Å². The van der Waals surface area contributed by atoms with E-state index in [2.05, 4.69) is 10.3 Å². The van der Waals surface area contributed by atoms with Crippen LogP contribution in [0, 0.1) is 0 Å². The molecule has 0 atom stereocenters. The molecule has 6 nitrogen and oxygen atoms in total. The normalized spacial score (nSPS) is 10.8. The standard InChI is InChI=1S/C14H16N2O4S/c1-8(2)10-3-4-20-13(10)14(19)15-6-11-16-9(7-21-11)5-12(17)18/h3-4,7-8H,5-6H2,1-2H3,(H,15,19)(H,17,18). The van der Waals surface area contributed by atoms with Crippen LogP contribution in [0.15, 0.2) is 22.1 Å². The molecular weight excluding hydrogens is 292 g/mol. The van der Waals surface area contributed by atoms with E-state index in [9.17, 15) is 9.59 Å². The number of thiazole rings is 1. The van der Waals surface area contributed by atoms with Gasteiger partial charge in [-0.25, -0.2) is 4.98 Å². The quantitative estimate of drug-likeness (QED) is 0.855. The average molecular weight is 308 g/mol. The lowest BCUT2D eigenvalue weighted by molar-refractivity contribution is -0.136. The molecule has 2 rings (SSSR count). The number of nitrogens with zero attached hydrogens (tertiary/aromatic N) is 1. The molecule has 2 N–H and O–H groups in total. The third-order valence-electron chi connectivity index (χ3n) is 2.86. The minimum atomic E-state index is -0.923. The van der Waals surface area contributed by atoms with Crippen molar-refractivity contribution in [1.29, 1.82) is 0 Å². The van der Waals surface area contributed by atoms with E-state index in [1.54, 1.807) is 11.4 Å². The molecule has 1 amide bonds. The summed E-state index contributed by atoms with van der Waals surface area (Å²) in [6, 6.07) is 1.79. The predicted octanol–water partition coefficient (Wildman–Crippen LogP) is 2.42. The van der Waals surface area contributed by atoms with Gasteiger partial charge in [-0.1, -0.05) is 13.8 Å². The van der Waals surface area contributed by atoms with Crippen LogP contribution in [0.25, 0.3) is 0 Å². The molecule has 0 aliphatic rings. The molecule has 21 heavy (non-hydrogen) atoms. The van der Waals surface area contributed by atoms with Crippen molar-refractivity contribution in [1.82, 2.24) is 10.3 Å². The highest BCUT2D eigenvalue weighted by Crippen LogP contribution is 2.20. The first-order chi connectivity index (χ1) is 9.97. The van der Waals surface area contributed by atoms with Crippen LogP contribution in [0.4, 0.5) is 0 Å². The number of rotatable bonds is 6. The number of aromatic nitrogens is 1. The number of carbonyl (C=O) groups is 2. The summed E-state index contributed by atoms with van der Waals surface area (Å²) in [4.78, 5) is 26.8. The Morgan fingerprint density at radius 2 is 2.24 bits per heavy atom. The Bertz CT molecular complexity index is 645. The molecule has 7 heteroatoms. The molecule has 112 valence electrons. The van der Waals surface area contributed by atoms with Gasteiger partial charge in [0.2, 0.25) is 0 Å². The summed E-state index contributed by atoms with van der Waals surface area (Å²) < 4.78 is 5.23. The fourth-order valence-corrected chi connectivity index (χ4v) is 2.59. The third kappa shape index (κ3) is 3.91. The molecule has 2 aromatic heterocycles. The lowest BCUT2D eigenvalue weighted by Crippen LogP contribution is -2.23. The van der Waals surface area contributed by atoms with Crippen LogP contribution < -0.4 is 5.32 Å². The van der Waals surface area contributed by atoms with Crippen molar-refractivity contribution >= 4 is 23.2 Å². The van der Waals surface area contributed by atoms with Gasteiger partial charge in [-0.2, -0.15) is 0 Å². The van der Waals surface area contributed by atoms with Gasteiger partial charge in [-0.15, -0.1) is 11.3 Å². The van der Waals surface area contributed by atoms with Crippen LogP contribution in [-0.2, 0) is 17.8 Å². The molecule has 0 aromatic carbocycles. The first-order valence-electron chi connectivity index (χ1n) is 6.48. The van der Waals surface area contributed by atoms with Gasteiger partial charge in [0.15, 0.2) is 5.76 Å². The second kappa shape index (κ2) is 6.53. The smallest absolute Gasteiger partial charge is 0.309 e. The Hall–Kier alpha value is -2.15. The third-order valence-corrected chi connectivity index (χ3v) is 3.75. The van der Waals surface area contributed by atoms with Crippen LogP contribution in [0.5, 0.6) is 0 Å². The Labute approximate surface area is 125 Å². The fraction of sp³-hybridized carbons (Fsp3) is 0.357. The van der Waals surface area contributed by atoms with Gasteiger partial charge in [0.25, 0.3) is 5.91 Å². The summed E-state index contributed by atoms with van der Waals surface area (Å²) >= 11 is 1.32. The van der Waals surface area contributed by atoms with Crippen LogP contribution in [0.2, 0.25) is 0 Å². The molecule has 0 saturated carbocycles. The Kier molecular flexibility index (Phi) is 4.74. The molecule has 0 unspecified atom stereocenters. The molecule has 0 bridgehead atoms. The number of furan rings is 1. The van der Waals surface area contributed by atoms with E-state index in [4.69, 9.17) is 9.52 Å². The Morgan fingerprint density at radius 3 is 2.90 bits per heavy atom. The summed E-state index contributed by atoms with van der Waals surface area (Å²) in [5, 5.41) is 13.8.